The number of aromatic nitrogens is 1. The van der Waals surface area contributed by atoms with Crippen molar-refractivity contribution in [3.05, 3.63) is 47.5 Å². The van der Waals surface area contributed by atoms with Crippen LogP contribution >= 0.6 is 0 Å². The van der Waals surface area contributed by atoms with Gasteiger partial charge in [-0.2, -0.15) is 0 Å². The van der Waals surface area contributed by atoms with Crippen molar-refractivity contribution >= 4 is 11.7 Å². The summed E-state index contributed by atoms with van der Waals surface area (Å²) in [6.45, 7) is -0.0747. The van der Waals surface area contributed by atoms with Crippen molar-refractivity contribution in [1.29, 1.82) is 0 Å². The average molecular weight is 274 g/mol. The number of hydrogen-bond donors (Lipinski definition) is 2. The van der Waals surface area contributed by atoms with Gasteiger partial charge in [0.25, 0.3) is 5.91 Å². The van der Waals surface area contributed by atoms with E-state index in [1.807, 2.05) is 0 Å². The molecule has 1 aromatic heterocycles. The SMILES string of the molecule is O=C(Nc1ccon1)c1cc(F)ccc1C#CCCO. The zero-order valence-electron chi connectivity index (χ0n) is 10.4. The van der Waals surface area contributed by atoms with Crippen LogP contribution in [-0.2, 0) is 0 Å². The third-order valence-electron chi connectivity index (χ3n) is 2.37. The highest BCUT2D eigenvalue weighted by molar-refractivity contribution is 6.05. The monoisotopic (exact) mass is 274 g/mol. The summed E-state index contributed by atoms with van der Waals surface area (Å²) in [6, 6.07) is 5.19. The maximum absolute atomic E-state index is 13.3. The molecule has 5 nitrogen and oxygen atoms in total. The van der Waals surface area contributed by atoms with E-state index in [-0.39, 0.29) is 24.4 Å². The van der Waals surface area contributed by atoms with E-state index in [4.69, 9.17) is 5.11 Å². The van der Waals surface area contributed by atoms with E-state index < -0.39 is 11.7 Å². The number of halogens is 1. The Balaban J connectivity index is 2.27. The number of aliphatic hydroxyl groups excluding tert-OH is 1. The number of nitrogens with one attached hydrogen (secondary N) is 1. The van der Waals surface area contributed by atoms with Gasteiger partial charge in [0.1, 0.15) is 12.1 Å². The quantitative estimate of drug-likeness (QED) is 0.837. The molecule has 0 bridgehead atoms. The summed E-state index contributed by atoms with van der Waals surface area (Å²) >= 11 is 0. The maximum atomic E-state index is 13.3. The fourth-order valence-corrected chi connectivity index (χ4v) is 1.49. The molecule has 102 valence electrons. The van der Waals surface area contributed by atoms with Crippen LogP contribution in [0.4, 0.5) is 10.2 Å². The van der Waals surface area contributed by atoms with Crippen molar-refractivity contribution in [1.82, 2.24) is 5.16 Å². The highest BCUT2D eigenvalue weighted by atomic mass is 19.1. The fourth-order valence-electron chi connectivity index (χ4n) is 1.49. The van der Waals surface area contributed by atoms with Gasteiger partial charge in [-0.25, -0.2) is 4.39 Å². The van der Waals surface area contributed by atoms with Gasteiger partial charge in [0.05, 0.1) is 12.2 Å². The van der Waals surface area contributed by atoms with Gasteiger partial charge in [-0.15, -0.1) is 0 Å². The summed E-state index contributed by atoms with van der Waals surface area (Å²) in [5.41, 5.74) is 0.472. The largest absolute Gasteiger partial charge is 0.395 e. The van der Waals surface area contributed by atoms with Crippen LogP contribution in [0.5, 0.6) is 0 Å². The normalized spacial score (nSPS) is 9.70. The van der Waals surface area contributed by atoms with Crippen LogP contribution in [-0.4, -0.2) is 22.8 Å². The molecule has 0 aliphatic carbocycles. The van der Waals surface area contributed by atoms with Gasteiger partial charge >= 0.3 is 0 Å². The van der Waals surface area contributed by atoms with E-state index in [1.54, 1.807) is 0 Å². The van der Waals surface area contributed by atoms with E-state index in [0.717, 1.165) is 6.07 Å². The van der Waals surface area contributed by atoms with Crippen LogP contribution < -0.4 is 5.32 Å². The van der Waals surface area contributed by atoms with Crippen LogP contribution in [0.1, 0.15) is 22.3 Å². The molecule has 0 atom stereocenters. The second kappa shape index (κ2) is 6.50. The minimum Gasteiger partial charge on any atom is -0.395 e. The predicted molar refractivity (Wildman–Crippen MR) is 69.4 cm³/mol. The van der Waals surface area contributed by atoms with Gasteiger partial charge in [0.2, 0.25) is 0 Å². The van der Waals surface area contributed by atoms with E-state index >= 15 is 0 Å². The van der Waals surface area contributed by atoms with Crippen molar-refractivity contribution < 1.29 is 18.8 Å². The van der Waals surface area contributed by atoms with Gasteiger partial charge in [-0.3, -0.25) is 4.79 Å². The van der Waals surface area contributed by atoms with E-state index in [1.165, 1.54) is 24.5 Å². The molecule has 0 saturated carbocycles. The van der Waals surface area contributed by atoms with Gasteiger partial charge < -0.3 is 14.9 Å². The van der Waals surface area contributed by atoms with Gasteiger partial charge in [0, 0.05) is 18.1 Å². The standard InChI is InChI=1S/C14H11FN2O3/c15-11-5-4-10(3-1-2-7-18)12(9-11)14(19)16-13-6-8-20-17-13/h4-6,8-9,18H,2,7H2,(H,16,17,19). The molecule has 0 aliphatic rings. The Morgan fingerprint density at radius 2 is 2.30 bits per heavy atom. The van der Waals surface area contributed by atoms with Crippen LogP contribution in [0.25, 0.3) is 0 Å². The number of carbonyl (C=O) groups is 1. The number of rotatable bonds is 3. The van der Waals surface area contributed by atoms with E-state index in [9.17, 15) is 9.18 Å². The first-order valence-electron chi connectivity index (χ1n) is 5.81. The summed E-state index contributed by atoms with van der Waals surface area (Å²) in [6.07, 6.45) is 1.59. The molecule has 1 aromatic carbocycles. The van der Waals surface area contributed by atoms with E-state index in [0.29, 0.717) is 5.56 Å². The lowest BCUT2D eigenvalue weighted by atomic mass is 10.1. The maximum Gasteiger partial charge on any atom is 0.258 e. The summed E-state index contributed by atoms with van der Waals surface area (Å²) in [5.74, 6) is 4.56. The molecular formula is C14H11FN2O3. The number of nitrogens with zero attached hydrogens (tertiary/aromatic N) is 1. The van der Waals surface area contributed by atoms with E-state index in [2.05, 4.69) is 26.8 Å². The Morgan fingerprint density at radius 1 is 1.45 bits per heavy atom. The van der Waals surface area contributed by atoms with Crippen LogP contribution in [0.3, 0.4) is 0 Å². The highest BCUT2D eigenvalue weighted by Crippen LogP contribution is 2.13. The zero-order chi connectivity index (χ0) is 14.4. The molecule has 6 heteroatoms. The molecule has 0 radical (unpaired) electrons. The Labute approximate surface area is 114 Å². The molecule has 0 unspecified atom stereocenters. The molecule has 0 saturated heterocycles. The third kappa shape index (κ3) is 3.43. The molecule has 20 heavy (non-hydrogen) atoms. The van der Waals surface area contributed by atoms with Crippen molar-refractivity contribution in [3.63, 3.8) is 0 Å². The van der Waals surface area contributed by atoms with Gasteiger partial charge in [0.15, 0.2) is 5.82 Å². The molecule has 0 fully saturated rings. The zero-order valence-corrected chi connectivity index (χ0v) is 10.4. The lowest BCUT2D eigenvalue weighted by Gasteiger charge is -2.04. The van der Waals surface area contributed by atoms with Crippen LogP contribution in [0.15, 0.2) is 35.1 Å². The first-order chi connectivity index (χ1) is 9.70. The first kappa shape index (κ1) is 13.8. The predicted octanol–water partition coefficient (Wildman–Crippen LogP) is 1.80. The summed E-state index contributed by atoms with van der Waals surface area (Å²) in [5, 5.41) is 14.7. The molecule has 2 N–H and O–H groups in total. The Bertz CT molecular complexity index is 657. The highest BCUT2D eigenvalue weighted by Gasteiger charge is 2.13. The van der Waals surface area contributed by atoms with Crippen molar-refractivity contribution in [2.75, 3.05) is 11.9 Å². The molecule has 1 amide bonds. The van der Waals surface area contributed by atoms with Crippen molar-refractivity contribution in [2.24, 2.45) is 0 Å². The molecule has 2 aromatic rings. The first-order valence-corrected chi connectivity index (χ1v) is 5.81. The Hall–Kier alpha value is -2.65. The Morgan fingerprint density at radius 3 is 3.00 bits per heavy atom. The number of hydrogen-bond acceptors (Lipinski definition) is 4. The van der Waals surface area contributed by atoms with Gasteiger partial charge in [-0.1, -0.05) is 17.0 Å². The van der Waals surface area contributed by atoms with Crippen molar-refractivity contribution in [3.8, 4) is 11.8 Å². The number of aliphatic hydroxyl groups is 1. The lowest BCUT2D eigenvalue weighted by Crippen LogP contribution is -2.14. The average Bonchev–Trinajstić information content (AvgIpc) is 2.93. The molecule has 2 rings (SSSR count). The second-order valence-corrected chi connectivity index (χ2v) is 3.80. The number of amides is 1. The number of benzene rings is 1. The van der Waals surface area contributed by atoms with Gasteiger partial charge in [-0.05, 0) is 18.2 Å². The molecule has 1 heterocycles. The van der Waals surface area contributed by atoms with Crippen molar-refractivity contribution in [2.45, 2.75) is 6.42 Å². The number of anilines is 1. The molecule has 0 aliphatic heterocycles. The second-order valence-electron chi connectivity index (χ2n) is 3.80. The minimum absolute atomic E-state index is 0.0747. The summed E-state index contributed by atoms with van der Waals surface area (Å²) < 4.78 is 17.9. The summed E-state index contributed by atoms with van der Waals surface area (Å²) in [4.78, 5) is 12.0. The molecular weight excluding hydrogens is 263 g/mol. The lowest BCUT2D eigenvalue weighted by molar-refractivity contribution is 0.102. The summed E-state index contributed by atoms with van der Waals surface area (Å²) in [7, 11) is 0. The smallest absolute Gasteiger partial charge is 0.258 e. The number of carbonyl (C=O) groups excluding carboxylic acids is 1. The minimum atomic E-state index is -0.539. The van der Waals surface area contributed by atoms with Crippen LogP contribution in [0.2, 0.25) is 0 Å². The van der Waals surface area contributed by atoms with Crippen LogP contribution in [0, 0.1) is 17.7 Å². The fraction of sp³-hybridized carbons (Fsp3) is 0.143. The third-order valence-corrected chi connectivity index (χ3v) is 2.37. The Kier molecular flexibility index (Phi) is 4.47. The topological polar surface area (TPSA) is 75.4 Å². The molecule has 0 spiro atoms.